The maximum Gasteiger partial charge on any atom is 0.244 e. The van der Waals surface area contributed by atoms with Crippen LogP contribution in [0.4, 0.5) is 0 Å². The van der Waals surface area contributed by atoms with E-state index in [1.165, 1.54) is 10.6 Å². The number of hydrogen-bond acceptors (Lipinski definition) is 3. The zero-order valence-corrected chi connectivity index (χ0v) is 11.9. The quantitative estimate of drug-likeness (QED) is 0.795. The van der Waals surface area contributed by atoms with E-state index in [9.17, 15) is 8.42 Å². The molecule has 0 aliphatic carbocycles. The standard InChI is InChI=1S/C15H15NO3S/c1-3-10-16(12-14-5-4-11-19-14)20(17,18)15-8-6-13(2)7-9-15/h1,4-9,11H,10,12H2,2H3/i1D. The second-order valence-corrected chi connectivity index (χ2v) is 6.28. The summed E-state index contributed by atoms with van der Waals surface area (Å²) in [5.41, 5.74) is 0.984. The molecule has 0 fully saturated rings. The molecular weight excluding hydrogens is 274 g/mol. The van der Waals surface area contributed by atoms with E-state index in [2.05, 4.69) is 5.92 Å². The van der Waals surface area contributed by atoms with Crippen LogP contribution < -0.4 is 0 Å². The predicted octanol–water partition coefficient (Wildman–Crippen LogP) is 2.41. The van der Waals surface area contributed by atoms with Gasteiger partial charge < -0.3 is 4.42 Å². The molecule has 2 rings (SSSR count). The average Bonchev–Trinajstić information content (AvgIpc) is 2.96. The van der Waals surface area contributed by atoms with Gasteiger partial charge in [-0.05, 0) is 31.2 Å². The Labute approximate surface area is 120 Å². The summed E-state index contributed by atoms with van der Waals surface area (Å²) >= 11 is 0. The second-order valence-electron chi connectivity index (χ2n) is 4.34. The van der Waals surface area contributed by atoms with Gasteiger partial charge in [-0.1, -0.05) is 23.6 Å². The molecule has 5 heteroatoms. The molecule has 0 aliphatic heterocycles. The van der Waals surface area contributed by atoms with Crippen molar-refractivity contribution < 1.29 is 14.2 Å². The van der Waals surface area contributed by atoms with E-state index >= 15 is 0 Å². The molecule has 104 valence electrons. The van der Waals surface area contributed by atoms with Crippen LogP contribution in [-0.2, 0) is 16.6 Å². The first-order chi connectivity index (χ1) is 10.0. The van der Waals surface area contributed by atoms with E-state index < -0.39 is 10.0 Å². The molecule has 1 aromatic carbocycles. The lowest BCUT2D eigenvalue weighted by Gasteiger charge is -2.18. The Hall–Kier alpha value is -2.03. The van der Waals surface area contributed by atoms with Crippen molar-refractivity contribution in [1.82, 2.24) is 4.31 Å². The molecule has 0 unspecified atom stereocenters. The summed E-state index contributed by atoms with van der Waals surface area (Å²) in [6.45, 7) is 1.92. The molecule has 0 aliphatic rings. The van der Waals surface area contributed by atoms with E-state index in [0.717, 1.165) is 5.56 Å². The largest absolute Gasteiger partial charge is 0.468 e. The molecule has 4 nitrogen and oxygen atoms in total. The van der Waals surface area contributed by atoms with Gasteiger partial charge in [0.15, 0.2) is 0 Å². The van der Waals surface area contributed by atoms with Crippen LogP contribution in [0.5, 0.6) is 0 Å². The summed E-state index contributed by atoms with van der Waals surface area (Å²) in [4.78, 5) is 0.200. The minimum atomic E-state index is -3.68. The Bertz CT molecular complexity index is 740. The van der Waals surface area contributed by atoms with Crippen molar-refractivity contribution in [2.75, 3.05) is 6.54 Å². The molecule has 20 heavy (non-hydrogen) atoms. The number of rotatable bonds is 5. The number of nitrogens with zero attached hydrogens (tertiary/aromatic N) is 1. The third-order valence-electron chi connectivity index (χ3n) is 2.83. The Morgan fingerprint density at radius 2 is 2.10 bits per heavy atom. The highest BCUT2D eigenvalue weighted by molar-refractivity contribution is 7.89. The fraction of sp³-hybridized carbons (Fsp3) is 0.200. The van der Waals surface area contributed by atoms with Gasteiger partial charge in [0, 0.05) is 0 Å². The third-order valence-corrected chi connectivity index (χ3v) is 4.63. The summed E-state index contributed by atoms with van der Waals surface area (Å²) in [6.07, 6.45) is 3.46. The zero-order valence-electron chi connectivity index (χ0n) is 12.0. The van der Waals surface area contributed by atoms with Crippen molar-refractivity contribution >= 4 is 10.0 Å². The van der Waals surface area contributed by atoms with Crippen molar-refractivity contribution in [2.24, 2.45) is 0 Å². The van der Waals surface area contributed by atoms with E-state index in [1.54, 1.807) is 36.4 Å². The van der Waals surface area contributed by atoms with Crippen LogP contribution in [0.15, 0.2) is 52.0 Å². The molecule has 0 amide bonds. The Morgan fingerprint density at radius 1 is 1.35 bits per heavy atom. The van der Waals surface area contributed by atoms with E-state index in [0.29, 0.717) is 5.76 Å². The van der Waals surface area contributed by atoms with Crippen LogP contribution >= 0.6 is 0 Å². The van der Waals surface area contributed by atoms with E-state index in [1.807, 2.05) is 13.3 Å². The third kappa shape index (κ3) is 3.10. The Kier molecular flexibility index (Phi) is 3.86. The molecule has 0 saturated heterocycles. The van der Waals surface area contributed by atoms with Gasteiger partial charge >= 0.3 is 0 Å². The predicted molar refractivity (Wildman–Crippen MR) is 76.3 cm³/mol. The topological polar surface area (TPSA) is 50.5 Å². The van der Waals surface area contributed by atoms with Crippen molar-refractivity contribution in [3.8, 4) is 12.3 Å². The van der Waals surface area contributed by atoms with Gasteiger partial charge in [0.2, 0.25) is 10.0 Å². The molecule has 1 aromatic heterocycles. The zero-order chi connectivity index (χ0) is 15.3. The van der Waals surface area contributed by atoms with Gasteiger partial charge in [0.05, 0.1) is 24.2 Å². The van der Waals surface area contributed by atoms with Crippen molar-refractivity contribution in [3.63, 3.8) is 0 Å². The highest BCUT2D eigenvalue weighted by Gasteiger charge is 2.24. The summed E-state index contributed by atoms with van der Waals surface area (Å²) < 4.78 is 38.5. The number of sulfonamides is 1. The SMILES string of the molecule is [2H]C#CCN(Cc1ccco1)S(=O)(=O)c1ccc(C)cc1. The molecule has 0 spiro atoms. The maximum atomic E-state index is 12.6. The van der Waals surface area contributed by atoms with Crippen LogP contribution in [0.25, 0.3) is 0 Å². The average molecular weight is 290 g/mol. The lowest BCUT2D eigenvalue weighted by Crippen LogP contribution is -2.30. The van der Waals surface area contributed by atoms with Gasteiger partial charge in [0.1, 0.15) is 7.13 Å². The molecule has 0 atom stereocenters. The van der Waals surface area contributed by atoms with Gasteiger partial charge in [-0.2, -0.15) is 4.31 Å². The Balaban J connectivity index is 2.33. The van der Waals surface area contributed by atoms with Crippen molar-refractivity contribution in [1.29, 1.82) is 0 Å². The first kappa shape index (κ1) is 13.0. The smallest absolute Gasteiger partial charge is 0.244 e. The monoisotopic (exact) mass is 290 g/mol. The number of hydrogen-bond donors (Lipinski definition) is 0. The minimum absolute atomic E-state index is 0.0551. The normalized spacial score (nSPS) is 11.8. The fourth-order valence-electron chi connectivity index (χ4n) is 1.75. The van der Waals surface area contributed by atoms with Gasteiger partial charge in [-0.25, -0.2) is 8.42 Å². The fourth-order valence-corrected chi connectivity index (χ4v) is 3.06. The highest BCUT2D eigenvalue weighted by Crippen LogP contribution is 2.18. The molecule has 0 radical (unpaired) electrons. The van der Waals surface area contributed by atoms with Crippen LogP contribution in [0.1, 0.15) is 12.7 Å². The number of terminal acetylenes is 1. The number of furan rings is 1. The molecule has 0 bridgehead atoms. The van der Waals surface area contributed by atoms with Crippen LogP contribution in [0.3, 0.4) is 0 Å². The van der Waals surface area contributed by atoms with Crippen LogP contribution in [0, 0.1) is 19.2 Å². The van der Waals surface area contributed by atoms with E-state index in [4.69, 9.17) is 5.79 Å². The maximum absolute atomic E-state index is 12.6. The molecular formula is C15H15NO3S. The summed E-state index contributed by atoms with van der Waals surface area (Å²) in [5.74, 6) is 3.00. The van der Waals surface area contributed by atoms with Crippen molar-refractivity contribution in [3.05, 3.63) is 54.0 Å². The van der Waals surface area contributed by atoms with Gasteiger partial charge in [-0.15, -0.1) is 6.40 Å². The molecule has 1 heterocycles. The minimum Gasteiger partial charge on any atom is -0.468 e. The van der Waals surface area contributed by atoms with Gasteiger partial charge in [0.25, 0.3) is 0 Å². The molecule has 0 saturated carbocycles. The number of benzene rings is 1. The first-order valence-electron chi connectivity index (χ1n) is 6.53. The Morgan fingerprint density at radius 3 is 2.70 bits per heavy atom. The van der Waals surface area contributed by atoms with Crippen LogP contribution in [0.2, 0.25) is 0 Å². The van der Waals surface area contributed by atoms with E-state index in [-0.39, 0.29) is 18.0 Å². The first-order valence-corrected chi connectivity index (χ1v) is 7.47. The lowest BCUT2D eigenvalue weighted by molar-refractivity contribution is 0.389. The summed E-state index contributed by atoms with van der Waals surface area (Å²) in [5, 5.41) is 0. The lowest BCUT2D eigenvalue weighted by atomic mass is 10.2. The highest BCUT2D eigenvalue weighted by atomic mass is 32.2. The number of aryl methyl sites for hydroxylation is 1. The summed E-state index contributed by atoms with van der Waals surface area (Å²) in [7, 11) is -3.68. The van der Waals surface area contributed by atoms with Crippen molar-refractivity contribution in [2.45, 2.75) is 18.4 Å². The summed E-state index contributed by atoms with van der Waals surface area (Å²) in [6, 6.07) is 10.0. The molecule has 0 N–H and O–H groups in total. The van der Waals surface area contributed by atoms with Crippen LogP contribution in [-0.4, -0.2) is 19.3 Å². The second kappa shape index (κ2) is 5.95. The van der Waals surface area contributed by atoms with Gasteiger partial charge in [-0.3, -0.25) is 0 Å². The molecule has 2 aromatic rings.